The molecule has 29 heavy (non-hydrogen) atoms. The first-order valence-corrected chi connectivity index (χ1v) is 10.1. The van der Waals surface area contributed by atoms with E-state index in [9.17, 15) is 10.1 Å². The van der Waals surface area contributed by atoms with Crippen LogP contribution in [0.15, 0.2) is 54.7 Å². The Morgan fingerprint density at radius 3 is 2.52 bits per heavy atom. The lowest BCUT2D eigenvalue weighted by molar-refractivity contribution is -0.384. The van der Waals surface area contributed by atoms with Gasteiger partial charge in [-0.2, -0.15) is 0 Å². The van der Waals surface area contributed by atoms with Crippen LogP contribution in [0.2, 0.25) is 0 Å². The van der Waals surface area contributed by atoms with Crippen LogP contribution < -0.4 is 0 Å². The Kier molecular flexibility index (Phi) is 5.24. The second kappa shape index (κ2) is 7.84. The summed E-state index contributed by atoms with van der Waals surface area (Å²) < 4.78 is 2.29. The zero-order chi connectivity index (χ0) is 20.5. The summed E-state index contributed by atoms with van der Waals surface area (Å²) in [5.41, 5.74) is 7.57. The van der Waals surface area contributed by atoms with Crippen LogP contribution in [0.1, 0.15) is 46.0 Å². The van der Waals surface area contributed by atoms with Crippen LogP contribution in [0, 0.1) is 30.9 Å². The van der Waals surface area contributed by atoms with E-state index in [1.54, 1.807) is 18.2 Å². The molecule has 2 aromatic carbocycles. The monoisotopic (exact) mass is 389 g/mol. The maximum Gasteiger partial charge on any atom is 0.269 e. The minimum Gasteiger partial charge on any atom is -0.350 e. The van der Waals surface area contributed by atoms with Crippen molar-refractivity contribution in [1.29, 1.82) is 0 Å². The molecule has 1 aromatic heterocycles. The summed E-state index contributed by atoms with van der Waals surface area (Å²) >= 11 is 0. The van der Waals surface area contributed by atoms with Crippen LogP contribution in [0.3, 0.4) is 0 Å². The number of rotatable bonds is 4. The van der Waals surface area contributed by atoms with Gasteiger partial charge in [-0.3, -0.25) is 15.0 Å². The molecule has 0 amide bonds. The number of hydrogen-bond acceptors (Lipinski definition) is 3. The molecule has 5 nitrogen and oxygen atoms in total. The minimum absolute atomic E-state index is 0.00694. The average Bonchev–Trinajstić information content (AvgIpc) is 3.05. The smallest absolute Gasteiger partial charge is 0.269 e. The molecule has 0 N–H and O–H groups in total. The van der Waals surface area contributed by atoms with E-state index in [-0.39, 0.29) is 16.7 Å². The third-order valence-electron chi connectivity index (χ3n) is 5.95. The SMILES string of the molecule is Cc1cc(C)c(CN2CCCn3cccc3C2c2cccc([N+](=O)[O-])c2)c(C)c1. The zero-order valence-corrected chi connectivity index (χ0v) is 17.3. The van der Waals surface area contributed by atoms with E-state index >= 15 is 0 Å². The quantitative estimate of drug-likeness (QED) is 0.448. The number of nitro benzene ring substituents is 1. The third-order valence-corrected chi connectivity index (χ3v) is 5.95. The van der Waals surface area contributed by atoms with Gasteiger partial charge in [-0.1, -0.05) is 29.8 Å². The van der Waals surface area contributed by atoms with Crippen LogP contribution in [-0.2, 0) is 13.1 Å². The fraction of sp³-hybridized carbons (Fsp3) is 0.333. The van der Waals surface area contributed by atoms with Crippen molar-refractivity contribution in [2.24, 2.45) is 0 Å². The molecule has 1 unspecified atom stereocenters. The van der Waals surface area contributed by atoms with E-state index in [1.165, 1.54) is 27.9 Å². The Morgan fingerprint density at radius 1 is 1.03 bits per heavy atom. The molecule has 2 heterocycles. The number of aromatic nitrogens is 1. The number of nitrogens with zero attached hydrogens (tertiary/aromatic N) is 3. The lowest BCUT2D eigenvalue weighted by Crippen LogP contribution is -2.30. The molecule has 0 aliphatic carbocycles. The van der Waals surface area contributed by atoms with Gasteiger partial charge in [0.25, 0.3) is 5.69 Å². The Bertz CT molecular complexity index is 1030. The molecule has 150 valence electrons. The van der Waals surface area contributed by atoms with Gasteiger partial charge < -0.3 is 4.57 Å². The van der Waals surface area contributed by atoms with E-state index in [0.717, 1.165) is 31.6 Å². The number of non-ortho nitro benzene ring substituents is 1. The normalized spacial score (nSPS) is 17.0. The van der Waals surface area contributed by atoms with Crippen molar-refractivity contribution in [3.05, 3.63) is 98.4 Å². The molecule has 1 aliphatic rings. The molecule has 4 rings (SSSR count). The summed E-state index contributed by atoms with van der Waals surface area (Å²) in [5, 5.41) is 11.4. The van der Waals surface area contributed by atoms with Gasteiger partial charge in [0, 0.05) is 43.7 Å². The Labute approximate surface area is 171 Å². The van der Waals surface area contributed by atoms with Crippen molar-refractivity contribution >= 4 is 5.69 Å². The van der Waals surface area contributed by atoms with Crippen molar-refractivity contribution < 1.29 is 4.92 Å². The number of fused-ring (bicyclic) bond motifs is 1. The first-order chi connectivity index (χ1) is 13.9. The molecule has 0 saturated carbocycles. The van der Waals surface area contributed by atoms with Crippen LogP contribution in [0.5, 0.6) is 0 Å². The van der Waals surface area contributed by atoms with E-state index in [2.05, 4.69) is 60.7 Å². The first kappa shape index (κ1) is 19.4. The maximum absolute atomic E-state index is 11.4. The standard InChI is InChI=1S/C24H27N3O2/c1-17-13-18(2)22(19(3)14-17)16-26-12-6-11-25-10-5-9-23(25)24(26)20-7-4-8-21(15-20)27(28)29/h4-5,7-10,13-15,24H,6,11-12,16H2,1-3H3. The number of nitro groups is 1. The van der Waals surface area contributed by atoms with E-state index in [1.807, 2.05) is 6.07 Å². The molecule has 1 atom stereocenters. The van der Waals surface area contributed by atoms with Crippen LogP contribution in [0.25, 0.3) is 0 Å². The molecule has 0 spiro atoms. The van der Waals surface area contributed by atoms with Gasteiger partial charge in [0.1, 0.15) is 0 Å². The highest BCUT2D eigenvalue weighted by molar-refractivity contribution is 5.41. The number of hydrogen-bond donors (Lipinski definition) is 0. The first-order valence-electron chi connectivity index (χ1n) is 10.1. The van der Waals surface area contributed by atoms with Crippen molar-refractivity contribution in [3.63, 3.8) is 0 Å². The molecule has 0 radical (unpaired) electrons. The number of aryl methyl sites for hydroxylation is 4. The van der Waals surface area contributed by atoms with Crippen LogP contribution in [-0.4, -0.2) is 20.9 Å². The predicted octanol–water partition coefficient (Wildman–Crippen LogP) is 5.32. The summed E-state index contributed by atoms with van der Waals surface area (Å²) in [6.45, 7) is 9.24. The minimum atomic E-state index is -0.308. The average molecular weight is 389 g/mol. The highest BCUT2D eigenvalue weighted by atomic mass is 16.6. The van der Waals surface area contributed by atoms with Crippen LogP contribution in [0.4, 0.5) is 5.69 Å². The van der Waals surface area contributed by atoms with Gasteiger partial charge in [-0.15, -0.1) is 0 Å². The molecular formula is C24H27N3O2. The highest BCUT2D eigenvalue weighted by Crippen LogP contribution is 2.35. The lowest BCUT2D eigenvalue weighted by Gasteiger charge is -2.31. The fourth-order valence-corrected chi connectivity index (χ4v) is 4.66. The van der Waals surface area contributed by atoms with Gasteiger partial charge >= 0.3 is 0 Å². The predicted molar refractivity (Wildman–Crippen MR) is 115 cm³/mol. The van der Waals surface area contributed by atoms with Gasteiger partial charge in [0.15, 0.2) is 0 Å². The van der Waals surface area contributed by atoms with E-state index < -0.39 is 0 Å². The third kappa shape index (κ3) is 3.83. The van der Waals surface area contributed by atoms with Crippen molar-refractivity contribution in [2.75, 3.05) is 6.54 Å². The van der Waals surface area contributed by atoms with Crippen LogP contribution >= 0.6 is 0 Å². The fourth-order valence-electron chi connectivity index (χ4n) is 4.66. The lowest BCUT2D eigenvalue weighted by atomic mass is 9.96. The Hall–Kier alpha value is -2.92. The molecule has 0 fully saturated rings. The summed E-state index contributed by atoms with van der Waals surface area (Å²) in [7, 11) is 0. The molecule has 5 heteroatoms. The van der Waals surface area contributed by atoms with Crippen molar-refractivity contribution in [1.82, 2.24) is 9.47 Å². The zero-order valence-electron chi connectivity index (χ0n) is 17.3. The second-order valence-electron chi connectivity index (χ2n) is 8.08. The molecule has 0 bridgehead atoms. The van der Waals surface area contributed by atoms with Gasteiger partial charge in [-0.25, -0.2) is 0 Å². The van der Waals surface area contributed by atoms with Gasteiger partial charge in [-0.05, 0) is 61.6 Å². The summed E-state index contributed by atoms with van der Waals surface area (Å²) in [6, 6.07) is 15.8. The highest BCUT2D eigenvalue weighted by Gasteiger charge is 2.29. The Balaban J connectivity index is 1.80. The number of benzene rings is 2. The topological polar surface area (TPSA) is 51.3 Å². The Morgan fingerprint density at radius 2 is 1.79 bits per heavy atom. The summed E-state index contributed by atoms with van der Waals surface area (Å²) in [5.74, 6) is 0. The maximum atomic E-state index is 11.4. The molecule has 3 aromatic rings. The van der Waals surface area contributed by atoms with Gasteiger partial charge in [0.2, 0.25) is 0 Å². The molecule has 1 aliphatic heterocycles. The molecular weight excluding hydrogens is 362 g/mol. The van der Waals surface area contributed by atoms with E-state index in [4.69, 9.17) is 0 Å². The molecule has 0 saturated heterocycles. The van der Waals surface area contributed by atoms with E-state index in [0.29, 0.717) is 0 Å². The summed E-state index contributed by atoms with van der Waals surface area (Å²) in [4.78, 5) is 13.5. The van der Waals surface area contributed by atoms with Crippen molar-refractivity contribution in [2.45, 2.75) is 46.3 Å². The largest absolute Gasteiger partial charge is 0.350 e. The van der Waals surface area contributed by atoms with Gasteiger partial charge in [0.05, 0.1) is 11.0 Å². The van der Waals surface area contributed by atoms with Crippen molar-refractivity contribution in [3.8, 4) is 0 Å². The second-order valence-corrected chi connectivity index (χ2v) is 8.08. The summed E-state index contributed by atoms with van der Waals surface area (Å²) in [6.07, 6.45) is 3.17.